The van der Waals surface area contributed by atoms with Crippen molar-refractivity contribution in [3.05, 3.63) is 47.6 Å². The molecule has 2 aromatic carbocycles. The number of fused-ring (bicyclic) bond motifs is 1. The number of carbonyl (C=O) groups is 1. The number of methoxy groups -OCH3 is 1. The van der Waals surface area contributed by atoms with E-state index in [4.69, 9.17) is 21.1 Å². The third-order valence-corrected chi connectivity index (χ3v) is 3.44. The summed E-state index contributed by atoms with van der Waals surface area (Å²) in [5, 5.41) is 5.86. The minimum atomic E-state index is -0.357. The number of aromatic nitrogens is 2. The lowest BCUT2D eigenvalue weighted by molar-refractivity contribution is -0.131. The molecule has 0 bridgehead atoms. The average molecular weight is 317 g/mol. The summed E-state index contributed by atoms with van der Waals surface area (Å²) in [5.74, 6) is 0.813. The molecule has 0 radical (unpaired) electrons. The summed E-state index contributed by atoms with van der Waals surface area (Å²) in [6, 6.07) is 10.6. The Kier molecular flexibility index (Phi) is 3.73. The molecule has 0 atom stereocenters. The number of hydrogen-bond acceptors (Lipinski definition) is 4. The quantitative estimate of drug-likeness (QED) is 0.547. The lowest BCUT2D eigenvalue weighted by atomic mass is 10.2. The standard InChI is InChI=1S/C16H13ClN2O3/c1-10(20)22-13-3-5-15-11(7-13)9-19(18-15)16-6-4-12(21-2)8-14(16)17/h3-9H,1-2H3. The van der Waals surface area contributed by atoms with E-state index in [0.717, 1.165) is 16.6 Å². The summed E-state index contributed by atoms with van der Waals surface area (Å²) >= 11 is 6.26. The highest BCUT2D eigenvalue weighted by molar-refractivity contribution is 6.32. The van der Waals surface area contributed by atoms with E-state index in [9.17, 15) is 4.79 Å². The van der Waals surface area contributed by atoms with Gasteiger partial charge in [-0.3, -0.25) is 4.79 Å². The molecule has 0 N–H and O–H groups in total. The lowest BCUT2D eigenvalue weighted by Gasteiger charge is -2.06. The van der Waals surface area contributed by atoms with Gasteiger partial charge in [0.25, 0.3) is 0 Å². The normalized spacial score (nSPS) is 10.7. The molecule has 1 heterocycles. The van der Waals surface area contributed by atoms with Gasteiger partial charge in [0.05, 0.1) is 23.3 Å². The Labute approximate surface area is 132 Å². The van der Waals surface area contributed by atoms with Crippen LogP contribution in [0.15, 0.2) is 42.6 Å². The van der Waals surface area contributed by atoms with Gasteiger partial charge in [0.2, 0.25) is 0 Å². The largest absolute Gasteiger partial charge is 0.497 e. The number of halogens is 1. The van der Waals surface area contributed by atoms with Crippen molar-refractivity contribution in [2.45, 2.75) is 6.92 Å². The van der Waals surface area contributed by atoms with Crippen molar-refractivity contribution in [2.24, 2.45) is 0 Å². The first kappa shape index (κ1) is 14.4. The van der Waals surface area contributed by atoms with Crippen molar-refractivity contribution >= 4 is 28.5 Å². The summed E-state index contributed by atoms with van der Waals surface area (Å²) in [7, 11) is 1.59. The van der Waals surface area contributed by atoms with Crippen LogP contribution in [-0.2, 0) is 4.79 Å². The molecule has 0 amide bonds. The molecular formula is C16H13ClN2O3. The van der Waals surface area contributed by atoms with Crippen LogP contribution in [0.25, 0.3) is 16.6 Å². The van der Waals surface area contributed by atoms with Gasteiger partial charge < -0.3 is 9.47 Å². The second kappa shape index (κ2) is 5.69. The highest BCUT2D eigenvalue weighted by Gasteiger charge is 2.09. The van der Waals surface area contributed by atoms with E-state index in [2.05, 4.69) is 5.10 Å². The van der Waals surface area contributed by atoms with Crippen LogP contribution in [0.2, 0.25) is 5.02 Å². The average Bonchev–Trinajstić information content (AvgIpc) is 2.89. The van der Waals surface area contributed by atoms with Gasteiger partial charge in [-0.15, -0.1) is 0 Å². The molecule has 0 fully saturated rings. The summed E-state index contributed by atoms with van der Waals surface area (Å²) in [6.07, 6.45) is 1.83. The zero-order valence-corrected chi connectivity index (χ0v) is 12.8. The molecule has 0 spiro atoms. The molecule has 112 valence electrons. The van der Waals surface area contributed by atoms with Crippen LogP contribution < -0.4 is 9.47 Å². The fraction of sp³-hybridized carbons (Fsp3) is 0.125. The van der Waals surface area contributed by atoms with Gasteiger partial charge in [-0.1, -0.05) is 11.6 Å². The number of ether oxygens (including phenoxy) is 2. The molecule has 5 nitrogen and oxygen atoms in total. The molecule has 0 aliphatic heterocycles. The Hall–Kier alpha value is -2.53. The van der Waals surface area contributed by atoms with Crippen molar-refractivity contribution in [1.82, 2.24) is 9.78 Å². The maximum Gasteiger partial charge on any atom is 0.308 e. The molecule has 6 heteroatoms. The van der Waals surface area contributed by atoms with Crippen molar-refractivity contribution in [3.63, 3.8) is 0 Å². The SMILES string of the molecule is COc1ccc(-n2cc3cc(OC(C)=O)ccc3n2)c(Cl)c1. The number of carbonyl (C=O) groups excluding carboxylic acids is 1. The van der Waals surface area contributed by atoms with E-state index in [0.29, 0.717) is 16.5 Å². The van der Waals surface area contributed by atoms with Gasteiger partial charge in [0.1, 0.15) is 11.5 Å². The van der Waals surface area contributed by atoms with E-state index < -0.39 is 0 Å². The number of rotatable bonds is 3. The van der Waals surface area contributed by atoms with Gasteiger partial charge in [-0.2, -0.15) is 5.10 Å². The monoisotopic (exact) mass is 316 g/mol. The fourth-order valence-electron chi connectivity index (χ4n) is 2.16. The van der Waals surface area contributed by atoms with Crippen LogP contribution in [-0.4, -0.2) is 22.9 Å². The molecule has 1 aromatic heterocycles. The van der Waals surface area contributed by atoms with E-state index in [1.807, 2.05) is 18.3 Å². The first-order valence-electron chi connectivity index (χ1n) is 6.58. The van der Waals surface area contributed by atoms with Crippen molar-refractivity contribution < 1.29 is 14.3 Å². The maximum atomic E-state index is 11.0. The summed E-state index contributed by atoms with van der Waals surface area (Å²) < 4.78 is 11.9. The predicted octanol–water partition coefficient (Wildman–Crippen LogP) is 3.61. The Bertz CT molecular complexity index is 858. The van der Waals surface area contributed by atoms with Crippen LogP contribution in [0.1, 0.15) is 6.92 Å². The molecule has 3 rings (SSSR count). The Balaban J connectivity index is 2.03. The third-order valence-electron chi connectivity index (χ3n) is 3.14. The van der Waals surface area contributed by atoms with E-state index in [-0.39, 0.29) is 5.97 Å². The lowest BCUT2D eigenvalue weighted by Crippen LogP contribution is -2.00. The van der Waals surface area contributed by atoms with Gasteiger partial charge in [-0.05, 0) is 30.3 Å². The minimum absolute atomic E-state index is 0.357. The molecule has 0 saturated heterocycles. The smallest absolute Gasteiger partial charge is 0.308 e. The fourth-order valence-corrected chi connectivity index (χ4v) is 2.41. The van der Waals surface area contributed by atoms with Gasteiger partial charge >= 0.3 is 5.97 Å². The Morgan fingerprint density at radius 2 is 1.95 bits per heavy atom. The minimum Gasteiger partial charge on any atom is -0.497 e. The van der Waals surface area contributed by atoms with E-state index in [1.54, 1.807) is 36.1 Å². The van der Waals surface area contributed by atoms with Crippen LogP contribution in [0.4, 0.5) is 0 Å². The summed E-state index contributed by atoms with van der Waals surface area (Å²) in [6.45, 7) is 1.37. The molecular weight excluding hydrogens is 304 g/mol. The maximum absolute atomic E-state index is 11.0. The number of hydrogen-bond donors (Lipinski definition) is 0. The molecule has 0 saturated carbocycles. The predicted molar refractivity (Wildman–Crippen MR) is 83.9 cm³/mol. The Morgan fingerprint density at radius 3 is 2.64 bits per heavy atom. The number of benzene rings is 2. The molecule has 22 heavy (non-hydrogen) atoms. The first-order chi connectivity index (χ1) is 10.6. The topological polar surface area (TPSA) is 53.4 Å². The third kappa shape index (κ3) is 2.76. The zero-order valence-electron chi connectivity index (χ0n) is 12.0. The van der Waals surface area contributed by atoms with Crippen molar-refractivity contribution in [3.8, 4) is 17.2 Å². The van der Waals surface area contributed by atoms with Crippen LogP contribution >= 0.6 is 11.6 Å². The summed E-state index contributed by atoms with van der Waals surface area (Å²) in [5.41, 5.74) is 1.52. The zero-order chi connectivity index (χ0) is 15.7. The van der Waals surface area contributed by atoms with E-state index in [1.165, 1.54) is 6.92 Å². The Morgan fingerprint density at radius 1 is 1.18 bits per heavy atom. The first-order valence-corrected chi connectivity index (χ1v) is 6.96. The van der Waals surface area contributed by atoms with Gasteiger partial charge in [0, 0.05) is 24.6 Å². The number of nitrogens with zero attached hydrogens (tertiary/aromatic N) is 2. The number of esters is 1. The van der Waals surface area contributed by atoms with E-state index >= 15 is 0 Å². The van der Waals surface area contributed by atoms with Crippen LogP contribution in [0.5, 0.6) is 11.5 Å². The highest BCUT2D eigenvalue weighted by atomic mass is 35.5. The second-order valence-corrected chi connectivity index (χ2v) is 5.11. The summed E-state index contributed by atoms with van der Waals surface area (Å²) in [4.78, 5) is 11.0. The molecule has 3 aromatic rings. The van der Waals surface area contributed by atoms with Crippen LogP contribution in [0.3, 0.4) is 0 Å². The van der Waals surface area contributed by atoms with Crippen molar-refractivity contribution in [1.29, 1.82) is 0 Å². The van der Waals surface area contributed by atoms with Crippen molar-refractivity contribution in [2.75, 3.05) is 7.11 Å². The van der Waals surface area contributed by atoms with Crippen LogP contribution in [0, 0.1) is 0 Å². The molecule has 0 aliphatic rings. The van der Waals surface area contributed by atoms with Gasteiger partial charge in [0.15, 0.2) is 0 Å². The van der Waals surface area contributed by atoms with Gasteiger partial charge in [-0.25, -0.2) is 4.68 Å². The highest BCUT2D eigenvalue weighted by Crippen LogP contribution is 2.27. The second-order valence-electron chi connectivity index (χ2n) is 4.71. The molecule has 0 aliphatic carbocycles. The molecule has 0 unspecified atom stereocenters.